The zero-order valence-electron chi connectivity index (χ0n) is 15.1. The first-order valence-corrected chi connectivity index (χ1v) is 11.1. The van der Waals surface area contributed by atoms with Crippen molar-refractivity contribution in [3.63, 3.8) is 0 Å². The van der Waals surface area contributed by atoms with Gasteiger partial charge in [0.15, 0.2) is 5.01 Å². The van der Waals surface area contributed by atoms with Crippen molar-refractivity contribution in [2.24, 2.45) is 0 Å². The van der Waals surface area contributed by atoms with Crippen molar-refractivity contribution in [1.82, 2.24) is 14.5 Å². The van der Waals surface area contributed by atoms with Crippen molar-refractivity contribution in [2.75, 3.05) is 12.4 Å². The van der Waals surface area contributed by atoms with Gasteiger partial charge in [0.05, 0.1) is 4.90 Å². The number of nitrogens with zero attached hydrogens (tertiary/aromatic N) is 3. The Morgan fingerprint density at radius 3 is 2.61 bits per heavy atom. The summed E-state index contributed by atoms with van der Waals surface area (Å²) in [5.41, 5.74) is 0.0897. The van der Waals surface area contributed by atoms with Crippen molar-refractivity contribution in [3.05, 3.63) is 34.8 Å². The van der Waals surface area contributed by atoms with Crippen LogP contribution in [0.3, 0.4) is 0 Å². The summed E-state index contributed by atoms with van der Waals surface area (Å²) >= 11 is 0.567. The number of anilines is 1. The predicted octanol–water partition coefficient (Wildman–Crippen LogP) is 3.68. The fourth-order valence-corrected chi connectivity index (χ4v) is 5.20. The summed E-state index contributed by atoms with van der Waals surface area (Å²) in [6.45, 7) is 0. The maximum atomic E-state index is 12.9. The highest BCUT2D eigenvalue weighted by atomic mass is 32.2. The molecule has 2 aromatic rings. The SMILES string of the molecule is CN(C1CCCCC1)S(=O)(=O)c1cccc(C(=O)Nc2nnc(C(F)F)s2)c1. The van der Waals surface area contributed by atoms with E-state index in [0.29, 0.717) is 11.3 Å². The van der Waals surface area contributed by atoms with Crippen LogP contribution in [0.1, 0.15) is 53.9 Å². The van der Waals surface area contributed by atoms with Crippen molar-refractivity contribution in [1.29, 1.82) is 0 Å². The molecule has 1 N–H and O–H groups in total. The van der Waals surface area contributed by atoms with Crippen LogP contribution in [0.2, 0.25) is 0 Å². The van der Waals surface area contributed by atoms with Gasteiger partial charge in [-0.1, -0.05) is 36.7 Å². The van der Waals surface area contributed by atoms with E-state index in [1.807, 2.05) is 0 Å². The van der Waals surface area contributed by atoms with Gasteiger partial charge in [0.2, 0.25) is 15.2 Å². The molecule has 0 spiro atoms. The molecule has 1 heterocycles. The van der Waals surface area contributed by atoms with Crippen molar-refractivity contribution in [2.45, 2.75) is 49.5 Å². The number of benzene rings is 1. The number of carbonyl (C=O) groups is 1. The van der Waals surface area contributed by atoms with E-state index in [0.717, 1.165) is 32.1 Å². The van der Waals surface area contributed by atoms with Gasteiger partial charge in [0.25, 0.3) is 12.3 Å². The van der Waals surface area contributed by atoms with Crippen molar-refractivity contribution >= 4 is 32.4 Å². The van der Waals surface area contributed by atoms with Crippen LogP contribution < -0.4 is 5.32 Å². The summed E-state index contributed by atoms with van der Waals surface area (Å²) in [4.78, 5) is 12.4. The molecule has 1 aromatic carbocycles. The van der Waals surface area contributed by atoms with Crippen LogP contribution in [0.5, 0.6) is 0 Å². The lowest BCUT2D eigenvalue weighted by atomic mass is 9.96. The fraction of sp³-hybridized carbons (Fsp3) is 0.471. The normalized spacial score (nSPS) is 15.9. The molecule has 1 fully saturated rings. The number of amides is 1. The first-order valence-electron chi connectivity index (χ1n) is 8.80. The number of rotatable bonds is 6. The van der Waals surface area contributed by atoms with Gasteiger partial charge in [-0.05, 0) is 31.0 Å². The lowest BCUT2D eigenvalue weighted by Gasteiger charge is -2.30. The van der Waals surface area contributed by atoms with E-state index in [2.05, 4.69) is 15.5 Å². The molecular formula is C17H20F2N4O3S2. The summed E-state index contributed by atoms with van der Waals surface area (Å²) in [7, 11) is -2.19. The van der Waals surface area contributed by atoms with Crippen molar-refractivity contribution in [3.8, 4) is 0 Å². The molecule has 152 valence electrons. The Balaban J connectivity index is 1.77. The zero-order chi connectivity index (χ0) is 20.3. The highest BCUT2D eigenvalue weighted by Gasteiger charge is 2.29. The molecule has 0 bridgehead atoms. The van der Waals surface area contributed by atoms with Crippen LogP contribution in [0.25, 0.3) is 0 Å². The molecule has 1 aliphatic carbocycles. The second-order valence-electron chi connectivity index (χ2n) is 6.54. The van der Waals surface area contributed by atoms with Gasteiger partial charge in [0, 0.05) is 18.7 Å². The summed E-state index contributed by atoms with van der Waals surface area (Å²) < 4.78 is 52.4. The highest BCUT2D eigenvalue weighted by Crippen LogP contribution is 2.28. The molecule has 11 heteroatoms. The number of carbonyl (C=O) groups excluding carboxylic acids is 1. The molecular weight excluding hydrogens is 410 g/mol. The second-order valence-corrected chi connectivity index (χ2v) is 9.55. The number of halogens is 2. The molecule has 1 aromatic heterocycles. The monoisotopic (exact) mass is 430 g/mol. The minimum atomic E-state index is -3.75. The number of hydrogen-bond acceptors (Lipinski definition) is 6. The van der Waals surface area contributed by atoms with Crippen LogP contribution in [0, 0.1) is 0 Å². The minimum Gasteiger partial charge on any atom is -0.296 e. The summed E-state index contributed by atoms with van der Waals surface area (Å²) in [5, 5.41) is 8.58. The molecule has 1 aliphatic rings. The molecule has 0 saturated heterocycles. The van der Waals surface area contributed by atoms with Crippen LogP contribution in [-0.2, 0) is 10.0 Å². The third-order valence-corrected chi connectivity index (χ3v) is 7.46. The van der Waals surface area contributed by atoms with Crippen LogP contribution in [0.4, 0.5) is 13.9 Å². The van der Waals surface area contributed by atoms with Crippen LogP contribution in [-0.4, -0.2) is 41.9 Å². The molecule has 7 nitrogen and oxygen atoms in total. The predicted molar refractivity (Wildman–Crippen MR) is 101 cm³/mol. The Hall–Kier alpha value is -1.98. The Morgan fingerprint density at radius 2 is 1.96 bits per heavy atom. The summed E-state index contributed by atoms with van der Waals surface area (Å²) in [6.07, 6.45) is 1.97. The number of sulfonamides is 1. The van der Waals surface area contributed by atoms with E-state index < -0.39 is 27.4 Å². The molecule has 3 rings (SSSR count). The maximum Gasteiger partial charge on any atom is 0.291 e. The van der Waals surface area contributed by atoms with Crippen LogP contribution in [0.15, 0.2) is 29.2 Å². The average molecular weight is 431 g/mol. The summed E-state index contributed by atoms with van der Waals surface area (Å²) in [6, 6.07) is 5.58. The molecule has 28 heavy (non-hydrogen) atoms. The highest BCUT2D eigenvalue weighted by molar-refractivity contribution is 7.89. The van der Waals surface area contributed by atoms with Crippen molar-refractivity contribution < 1.29 is 22.0 Å². The van der Waals surface area contributed by atoms with Gasteiger partial charge < -0.3 is 0 Å². The molecule has 1 saturated carbocycles. The first-order chi connectivity index (χ1) is 13.3. The summed E-state index contributed by atoms with van der Waals surface area (Å²) in [5.74, 6) is -0.644. The first kappa shape index (κ1) is 20.7. The lowest BCUT2D eigenvalue weighted by molar-refractivity contribution is 0.102. The van der Waals surface area contributed by atoms with E-state index >= 15 is 0 Å². The maximum absolute atomic E-state index is 12.9. The Kier molecular flexibility index (Phi) is 6.36. The van der Waals surface area contributed by atoms with E-state index in [1.54, 1.807) is 7.05 Å². The van der Waals surface area contributed by atoms with E-state index in [-0.39, 0.29) is 21.6 Å². The van der Waals surface area contributed by atoms with E-state index in [4.69, 9.17) is 0 Å². The number of hydrogen-bond donors (Lipinski definition) is 1. The Morgan fingerprint density at radius 1 is 1.25 bits per heavy atom. The third kappa shape index (κ3) is 4.53. The Labute approximate surface area is 165 Å². The average Bonchev–Trinajstić information content (AvgIpc) is 3.17. The molecule has 0 aliphatic heterocycles. The molecule has 1 amide bonds. The van der Waals surface area contributed by atoms with Gasteiger partial charge in [-0.15, -0.1) is 10.2 Å². The molecule has 0 radical (unpaired) electrons. The number of nitrogens with one attached hydrogen (secondary N) is 1. The third-order valence-electron chi connectivity index (χ3n) is 4.71. The molecule has 0 atom stereocenters. The van der Waals surface area contributed by atoms with Gasteiger partial charge in [-0.2, -0.15) is 4.31 Å². The smallest absolute Gasteiger partial charge is 0.291 e. The van der Waals surface area contributed by atoms with E-state index in [9.17, 15) is 22.0 Å². The van der Waals surface area contributed by atoms with Gasteiger partial charge in [-0.3, -0.25) is 10.1 Å². The molecule has 0 unspecified atom stereocenters. The zero-order valence-corrected chi connectivity index (χ0v) is 16.8. The topological polar surface area (TPSA) is 92.3 Å². The lowest BCUT2D eigenvalue weighted by Crippen LogP contribution is -2.38. The van der Waals surface area contributed by atoms with Gasteiger partial charge in [0.1, 0.15) is 0 Å². The number of alkyl halides is 2. The Bertz CT molecular complexity index is 943. The fourth-order valence-electron chi connectivity index (χ4n) is 3.15. The minimum absolute atomic E-state index is 0.0127. The van der Waals surface area contributed by atoms with Gasteiger partial charge >= 0.3 is 0 Å². The standard InChI is InChI=1S/C17H20F2N4O3S2/c1-23(12-7-3-2-4-8-12)28(25,26)13-9-5-6-11(10-13)15(24)20-17-22-21-16(27-17)14(18)19/h5-6,9-10,12,14H,2-4,7-8H2,1H3,(H,20,22,24). The van der Waals surface area contributed by atoms with Gasteiger partial charge in [-0.25, -0.2) is 17.2 Å². The quantitative estimate of drug-likeness (QED) is 0.755. The number of aromatic nitrogens is 2. The van der Waals surface area contributed by atoms with Crippen LogP contribution >= 0.6 is 11.3 Å². The second kappa shape index (κ2) is 8.58. The largest absolute Gasteiger partial charge is 0.296 e. The van der Waals surface area contributed by atoms with E-state index in [1.165, 1.54) is 28.6 Å².